The first-order valence-corrected chi connectivity index (χ1v) is 7.83. The summed E-state index contributed by atoms with van der Waals surface area (Å²) in [5.74, 6) is 0.0316. The molecule has 0 aliphatic heterocycles. The van der Waals surface area contributed by atoms with Gasteiger partial charge in [0, 0.05) is 6.54 Å². The van der Waals surface area contributed by atoms with E-state index in [4.69, 9.17) is 10.5 Å². The van der Waals surface area contributed by atoms with Crippen LogP contribution in [0.2, 0.25) is 0 Å². The summed E-state index contributed by atoms with van der Waals surface area (Å²) >= 11 is 0. The lowest BCUT2D eigenvalue weighted by molar-refractivity contribution is 0.0911. The van der Waals surface area contributed by atoms with Crippen molar-refractivity contribution in [1.29, 1.82) is 0 Å². The van der Waals surface area contributed by atoms with Gasteiger partial charge < -0.3 is 10.5 Å². The van der Waals surface area contributed by atoms with Crippen molar-refractivity contribution in [2.24, 2.45) is 11.1 Å². The van der Waals surface area contributed by atoms with Crippen molar-refractivity contribution in [3.8, 4) is 0 Å². The molecular weight excluding hydrogens is 240 g/mol. The van der Waals surface area contributed by atoms with Crippen LogP contribution in [-0.4, -0.2) is 40.0 Å². The molecule has 0 atom stereocenters. The van der Waals surface area contributed by atoms with E-state index in [-0.39, 0.29) is 23.9 Å². The molecule has 0 bridgehead atoms. The van der Waals surface area contributed by atoms with Crippen molar-refractivity contribution in [3.05, 3.63) is 0 Å². The van der Waals surface area contributed by atoms with Crippen LogP contribution in [0.3, 0.4) is 0 Å². The smallest absolute Gasteiger partial charge is 0.213 e. The number of sulfonamides is 1. The minimum Gasteiger partial charge on any atom is -0.378 e. The third-order valence-corrected chi connectivity index (χ3v) is 4.39. The zero-order chi connectivity index (χ0) is 12.9. The molecule has 0 amide bonds. The van der Waals surface area contributed by atoms with Crippen LogP contribution in [0.25, 0.3) is 0 Å². The van der Waals surface area contributed by atoms with E-state index in [9.17, 15) is 8.42 Å². The minimum absolute atomic E-state index is 0.0316. The molecule has 1 aliphatic carbocycles. The van der Waals surface area contributed by atoms with Gasteiger partial charge in [0.2, 0.25) is 10.0 Å². The Bertz CT molecular complexity index is 324. The standard InChI is InChI=1S/C11H24N2O3S/c1-10(2)16-7-8-17(14,15)13-9-11(3-4-11)5-6-12/h10,13H,3-9,12H2,1-2H3. The number of ether oxygens (including phenoxy) is 1. The normalized spacial score (nSPS) is 18.6. The van der Waals surface area contributed by atoms with Gasteiger partial charge in [-0.1, -0.05) is 0 Å². The molecule has 0 aromatic carbocycles. The molecule has 1 aliphatic rings. The third kappa shape index (κ3) is 5.81. The number of hydrogen-bond acceptors (Lipinski definition) is 4. The summed E-state index contributed by atoms with van der Waals surface area (Å²) < 4.78 is 31.2. The maximum absolute atomic E-state index is 11.7. The molecular formula is C11H24N2O3S. The summed E-state index contributed by atoms with van der Waals surface area (Å²) in [6.45, 7) is 5.17. The summed E-state index contributed by atoms with van der Waals surface area (Å²) in [6, 6.07) is 0. The van der Waals surface area contributed by atoms with Crippen LogP contribution in [0, 0.1) is 5.41 Å². The fraction of sp³-hybridized carbons (Fsp3) is 1.00. The van der Waals surface area contributed by atoms with Crippen molar-refractivity contribution in [1.82, 2.24) is 4.72 Å². The van der Waals surface area contributed by atoms with Crippen LogP contribution >= 0.6 is 0 Å². The van der Waals surface area contributed by atoms with Crippen LogP contribution in [0.4, 0.5) is 0 Å². The molecule has 0 spiro atoms. The molecule has 102 valence electrons. The van der Waals surface area contributed by atoms with Gasteiger partial charge in [-0.25, -0.2) is 13.1 Å². The second-order valence-electron chi connectivity index (χ2n) is 5.10. The summed E-state index contributed by atoms with van der Waals surface area (Å²) in [4.78, 5) is 0. The first-order valence-electron chi connectivity index (χ1n) is 6.18. The summed E-state index contributed by atoms with van der Waals surface area (Å²) in [5.41, 5.74) is 5.65. The van der Waals surface area contributed by atoms with Gasteiger partial charge in [0.15, 0.2) is 0 Å². The molecule has 0 heterocycles. The largest absolute Gasteiger partial charge is 0.378 e. The van der Waals surface area contributed by atoms with Gasteiger partial charge in [0.25, 0.3) is 0 Å². The van der Waals surface area contributed by atoms with Crippen LogP contribution in [-0.2, 0) is 14.8 Å². The molecule has 3 N–H and O–H groups in total. The Balaban J connectivity index is 2.25. The van der Waals surface area contributed by atoms with Gasteiger partial charge in [0.05, 0.1) is 18.5 Å². The number of nitrogens with one attached hydrogen (secondary N) is 1. The van der Waals surface area contributed by atoms with E-state index >= 15 is 0 Å². The van der Waals surface area contributed by atoms with E-state index in [2.05, 4.69) is 4.72 Å². The molecule has 0 unspecified atom stereocenters. The molecule has 0 aromatic rings. The maximum atomic E-state index is 11.7. The van der Waals surface area contributed by atoms with E-state index in [0.29, 0.717) is 13.1 Å². The first kappa shape index (κ1) is 14.9. The average molecular weight is 264 g/mol. The Hall–Kier alpha value is -0.170. The fourth-order valence-corrected chi connectivity index (χ4v) is 2.71. The molecule has 0 saturated heterocycles. The zero-order valence-corrected chi connectivity index (χ0v) is 11.6. The van der Waals surface area contributed by atoms with Gasteiger partial charge in [-0.2, -0.15) is 0 Å². The Morgan fingerprint density at radius 2 is 2.06 bits per heavy atom. The minimum atomic E-state index is -3.20. The molecule has 1 fully saturated rings. The van der Waals surface area contributed by atoms with Gasteiger partial charge in [0.1, 0.15) is 0 Å². The molecule has 1 rings (SSSR count). The predicted octanol–water partition coefficient (Wildman–Crippen LogP) is 0.460. The lowest BCUT2D eigenvalue weighted by Gasteiger charge is -2.15. The van der Waals surface area contributed by atoms with Crippen LogP contribution in [0.5, 0.6) is 0 Å². The van der Waals surface area contributed by atoms with E-state index in [1.165, 1.54) is 0 Å². The summed E-state index contributed by atoms with van der Waals surface area (Å²) in [7, 11) is -3.20. The molecule has 17 heavy (non-hydrogen) atoms. The second-order valence-corrected chi connectivity index (χ2v) is 7.02. The highest BCUT2D eigenvalue weighted by atomic mass is 32.2. The topological polar surface area (TPSA) is 81.4 Å². The highest BCUT2D eigenvalue weighted by Crippen LogP contribution is 2.47. The van der Waals surface area contributed by atoms with Crippen molar-refractivity contribution in [2.45, 2.75) is 39.2 Å². The highest BCUT2D eigenvalue weighted by molar-refractivity contribution is 7.89. The Morgan fingerprint density at radius 1 is 1.41 bits per heavy atom. The maximum Gasteiger partial charge on any atom is 0.213 e. The number of rotatable bonds is 9. The SMILES string of the molecule is CC(C)OCCS(=O)(=O)NCC1(CCN)CC1. The van der Waals surface area contributed by atoms with Crippen LogP contribution in [0.15, 0.2) is 0 Å². The fourth-order valence-electron chi connectivity index (χ4n) is 1.73. The lowest BCUT2D eigenvalue weighted by Crippen LogP contribution is -2.34. The summed E-state index contributed by atoms with van der Waals surface area (Å²) in [6.07, 6.45) is 3.12. The second kappa shape index (κ2) is 6.13. The predicted molar refractivity (Wildman–Crippen MR) is 68.2 cm³/mol. The van der Waals surface area contributed by atoms with Crippen LogP contribution < -0.4 is 10.5 Å². The summed E-state index contributed by atoms with van der Waals surface area (Å²) in [5, 5.41) is 0. The highest BCUT2D eigenvalue weighted by Gasteiger charge is 2.42. The van der Waals surface area contributed by atoms with E-state index in [1.54, 1.807) is 0 Å². The Kier molecular flexibility index (Phi) is 5.37. The number of nitrogens with two attached hydrogens (primary N) is 1. The van der Waals surface area contributed by atoms with Gasteiger partial charge in [-0.15, -0.1) is 0 Å². The number of hydrogen-bond donors (Lipinski definition) is 2. The van der Waals surface area contributed by atoms with Crippen molar-refractivity contribution >= 4 is 10.0 Å². The van der Waals surface area contributed by atoms with E-state index < -0.39 is 10.0 Å². The third-order valence-electron chi connectivity index (χ3n) is 3.10. The Labute approximate surface area is 104 Å². The van der Waals surface area contributed by atoms with Gasteiger partial charge >= 0.3 is 0 Å². The molecule has 1 saturated carbocycles. The molecule has 5 nitrogen and oxygen atoms in total. The van der Waals surface area contributed by atoms with Crippen LogP contribution in [0.1, 0.15) is 33.1 Å². The van der Waals surface area contributed by atoms with Crippen molar-refractivity contribution in [3.63, 3.8) is 0 Å². The van der Waals surface area contributed by atoms with E-state index in [1.807, 2.05) is 13.8 Å². The Morgan fingerprint density at radius 3 is 2.53 bits per heavy atom. The monoisotopic (exact) mass is 264 g/mol. The first-order chi connectivity index (χ1) is 7.89. The van der Waals surface area contributed by atoms with Crippen molar-refractivity contribution in [2.75, 3.05) is 25.4 Å². The molecule has 6 heteroatoms. The van der Waals surface area contributed by atoms with E-state index in [0.717, 1.165) is 19.3 Å². The van der Waals surface area contributed by atoms with Gasteiger partial charge in [-0.3, -0.25) is 0 Å². The molecule has 0 radical (unpaired) electrons. The quantitative estimate of drug-likeness (QED) is 0.634. The van der Waals surface area contributed by atoms with Crippen molar-refractivity contribution < 1.29 is 13.2 Å². The lowest BCUT2D eigenvalue weighted by atomic mass is 10.0. The van der Waals surface area contributed by atoms with Gasteiger partial charge in [-0.05, 0) is 45.1 Å². The molecule has 0 aromatic heterocycles. The average Bonchev–Trinajstić information content (AvgIpc) is 2.96. The zero-order valence-electron chi connectivity index (χ0n) is 10.7.